The number of rotatable bonds is 10. The van der Waals surface area contributed by atoms with E-state index in [1.165, 1.54) is 29.1 Å². The maximum atomic E-state index is 13.8. The molecule has 1 aromatic heterocycles. The average Bonchev–Trinajstić information content (AvgIpc) is 3.19. The van der Waals surface area contributed by atoms with Gasteiger partial charge < -0.3 is 10.2 Å². The van der Waals surface area contributed by atoms with Crippen molar-refractivity contribution in [2.75, 3.05) is 20.8 Å². The third-order valence-corrected chi connectivity index (χ3v) is 3.90. The zero-order valence-electron chi connectivity index (χ0n) is 16.5. The molecule has 10 heteroatoms. The first kappa shape index (κ1) is 22.2. The number of carbonyl (C=O) groups is 2. The van der Waals surface area contributed by atoms with Crippen molar-refractivity contribution in [3.8, 4) is 0 Å². The summed E-state index contributed by atoms with van der Waals surface area (Å²) in [4.78, 5) is 39.7. The minimum atomic E-state index is -1.01. The molecule has 1 atom stereocenters. The molecule has 0 aliphatic carbocycles. The minimum absolute atomic E-state index is 0.118. The fourth-order valence-corrected chi connectivity index (χ4v) is 2.39. The van der Waals surface area contributed by atoms with Gasteiger partial charge >= 0.3 is 0 Å². The lowest BCUT2D eigenvalue weighted by molar-refractivity contribution is -0.274. The summed E-state index contributed by atoms with van der Waals surface area (Å²) in [7, 11) is 2.87. The maximum absolute atomic E-state index is 13.8. The van der Waals surface area contributed by atoms with Crippen molar-refractivity contribution in [3.05, 3.63) is 60.1 Å². The molecule has 1 unspecified atom stereocenters. The van der Waals surface area contributed by atoms with Gasteiger partial charge in [-0.1, -0.05) is 31.2 Å². The summed E-state index contributed by atoms with van der Waals surface area (Å²) < 4.78 is 15.1. The van der Waals surface area contributed by atoms with E-state index in [1.807, 2.05) is 6.92 Å². The van der Waals surface area contributed by atoms with Gasteiger partial charge in [0.05, 0.1) is 13.7 Å². The number of hydrogen-bond acceptors (Lipinski definition) is 6. The van der Waals surface area contributed by atoms with E-state index >= 15 is 0 Å². The van der Waals surface area contributed by atoms with Crippen LogP contribution in [0.5, 0.6) is 0 Å². The van der Waals surface area contributed by atoms with Gasteiger partial charge in [-0.15, -0.1) is 5.10 Å². The molecular formula is C19H24FN5O4. The fraction of sp³-hybridized carbons (Fsp3) is 0.368. The summed E-state index contributed by atoms with van der Waals surface area (Å²) in [5, 5.41) is 6.58. The number of amides is 2. The highest BCUT2D eigenvalue weighted by molar-refractivity contribution is 5.94. The second-order valence-corrected chi connectivity index (χ2v) is 6.08. The van der Waals surface area contributed by atoms with Gasteiger partial charge in [0.15, 0.2) is 0 Å². The molecule has 1 heterocycles. The van der Waals surface area contributed by atoms with Gasteiger partial charge in [0.25, 0.3) is 11.8 Å². The molecule has 29 heavy (non-hydrogen) atoms. The van der Waals surface area contributed by atoms with E-state index in [1.54, 1.807) is 37.5 Å². The van der Waals surface area contributed by atoms with E-state index in [0.29, 0.717) is 5.56 Å². The van der Waals surface area contributed by atoms with Gasteiger partial charge in [-0.2, -0.15) is 0 Å². The third-order valence-electron chi connectivity index (χ3n) is 3.90. The van der Waals surface area contributed by atoms with Gasteiger partial charge in [0, 0.05) is 18.8 Å². The van der Waals surface area contributed by atoms with Crippen LogP contribution < -0.4 is 5.32 Å². The van der Waals surface area contributed by atoms with Crippen molar-refractivity contribution in [2.45, 2.75) is 25.9 Å². The predicted octanol–water partition coefficient (Wildman–Crippen LogP) is 1.52. The first-order chi connectivity index (χ1) is 14.0. The number of allylic oxidation sites excluding steroid dienone is 1. The predicted molar refractivity (Wildman–Crippen MR) is 102 cm³/mol. The molecule has 1 N–H and O–H groups in total. The van der Waals surface area contributed by atoms with Crippen molar-refractivity contribution in [2.24, 2.45) is 0 Å². The molecule has 2 aromatic rings. The molecule has 0 aliphatic rings. The highest BCUT2D eigenvalue weighted by atomic mass is 19.1. The molecule has 9 nitrogen and oxygen atoms in total. The van der Waals surface area contributed by atoms with Gasteiger partial charge in [0.1, 0.15) is 24.8 Å². The van der Waals surface area contributed by atoms with E-state index in [2.05, 4.69) is 20.3 Å². The van der Waals surface area contributed by atoms with Crippen LogP contribution in [0.3, 0.4) is 0 Å². The molecule has 2 amide bonds. The standard InChI is InChI=1S/C19H24FN5O4/c1-4-5-10-24(2)19(27)16(12-29-28-3)22-18(26)17-21-13-25(23-17)11-14-8-6-7-9-15(14)20/h5-10,13,16H,4,11-12H2,1-3H3,(H,22,26)/b10-5+. The van der Waals surface area contributed by atoms with Crippen LogP contribution in [0.4, 0.5) is 4.39 Å². The van der Waals surface area contributed by atoms with Crippen LogP contribution >= 0.6 is 0 Å². The number of halogens is 1. The second kappa shape index (κ2) is 11.0. The topological polar surface area (TPSA) is 98.6 Å². The Morgan fingerprint density at radius 3 is 2.83 bits per heavy atom. The number of nitrogens with zero attached hydrogens (tertiary/aromatic N) is 4. The van der Waals surface area contributed by atoms with Crippen LogP contribution in [0.2, 0.25) is 0 Å². The Labute approximate surface area is 168 Å². The van der Waals surface area contributed by atoms with Gasteiger partial charge in [0.2, 0.25) is 5.82 Å². The summed E-state index contributed by atoms with van der Waals surface area (Å²) in [6.45, 7) is 1.86. The Balaban J connectivity index is 2.07. The number of likely N-dealkylation sites (N-methyl/N-ethyl adjacent to an activating group) is 1. The monoisotopic (exact) mass is 405 g/mol. The van der Waals surface area contributed by atoms with Gasteiger partial charge in [-0.3, -0.25) is 9.59 Å². The Hall–Kier alpha value is -3.11. The number of benzene rings is 1. The number of carbonyl (C=O) groups excluding carboxylic acids is 2. The Bertz CT molecular complexity index is 855. The Morgan fingerprint density at radius 2 is 2.14 bits per heavy atom. The molecule has 2 rings (SSSR count). The SMILES string of the molecule is CC/C=C/N(C)C(=O)C(COOC)NC(=O)c1ncn(Cc2ccccc2F)n1. The van der Waals surface area contributed by atoms with Crippen LogP contribution in [-0.4, -0.2) is 58.3 Å². The third kappa shape index (κ3) is 6.47. The molecule has 0 bridgehead atoms. The first-order valence-corrected chi connectivity index (χ1v) is 8.98. The van der Waals surface area contributed by atoms with Gasteiger partial charge in [-0.25, -0.2) is 23.8 Å². The number of nitrogens with one attached hydrogen (secondary N) is 1. The highest BCUT2D eigenvalue weighted by Gasteiger charge is 2.26. The lowest BCUT2D eigenvalue weighted by Crippen LogP contribution is -2.49. The smallest absolute Gasteiger partial charge is 0.291 e. The molecule has 1 aromatic carbocycles. The zero-order chi connectivity index (χ0) is 21.2. The zero-order valence-corrected chi connectivity index (χ0v) is 16.5. The Kier molecular flexibility index (Phi) is 8.44. The van der Waals surface area contributed by atoms with Gasteiger partial charge in [-0.05, 0) is 12.5 Å². The van der Waals surface area contributed by atoms with Crippen molar-refractivity contribution in [3.63, 3.8) is 0 Å². The molecule has 0 fully saturated rings. The lowest BCUT2D eigenvalue weighted by Gasteiger charge is -2.21. The summed E-state index contributed by atoms with van der Waals surface area (Å²) in [5.74, 6) is -1.59. The summed E-state index contributed by atoms with van der Waals surface area (Å²) in [6.07, 6.45) is 5.49. The van der Waals surface area contributed by atoms with Crippen molar-refractivity contribution in [1.29, 1.82) is 0 Å². The summed E-state index contributed by atoms with van der Waals surface area (Å²) >= 11 is 0. The maximum Gasteiger partial charge on any atom is 0.291 e. The summed E-state index contributed by atoms with van der Waals surface area (Å²) in [5.41, 5.74) is 0.412. The van der Waals surface area contributed by atoms with Crippen LogP contribution in [0.1, 0.15) is 29.5 Å². The largest absolute Gasteiger partial charge is 0.335 e. The molecule has 0 saturated heterocycles. The lowest BCUT2D eigenvalue weighted by atomic mass is 10.2. The van der Waals surface area contributed by atoms with Crippen LogP contribution in [0.15, 0.2) is 42.9 Å². The van der Waals surface area contributed by atoms with E-state index in [0.717, 1.165) is 6.42 Å². The van der Waals surface area contributed by atoms with E-state index in [-0.39, 0.29) is 24.8 Å². The first-order valence-electron chi connectivity index (χ1n) is 8.98. The highest BCUT2D eigenvalue weighted by Crippen LogP contribution is 2.08. The quantitative estimate of drug-likeness (QED) is 0.475. The minimum Gasteiger partial charge on any atom is -0.335 e. The van der Waals surface area contributed by atoms with Crippen molar-refractivity contribution in [1.82, 2.24) is 25.0 Å². The number of hydrogen-bond donors (Lipinski definition) is 1. The van der Waals surface area contributed by atoms with Crippen molar-refractivity contribution >= 4 is 11.8 Å². The molecule has 0 saturated carbocycles. The summed E-state index contributed by atoms with van der Waals surface area (Å²) in [6, 6.07) is 5.25. The van der Waals surface area contributed by atoms with Crippen LogP contribution in [-0.2, 0) is 21.1 Å². The van der Waals surface area contributed by atoms with Crippen molar-refractivity contribution < 1.29 is 23.8 Å². The average molecular weight is 405 g/mol. The molecule has 0 radical (unpaired) electrons. The number of aromatic nitrogens is 3. The molecule has 0 aliphatic heterocycles. The van der Waals surface area contributed by atoms with Crippen LogP contribution in [0, 0.1) is 5.82 Å². The van der Waals surface area contributed by atoms with Crippen LogP contribution in [0.25, 0.3) is 0 Å². The normalized spacial score (nSPS) is 12.1. The molecular weight excluding hydrogens is 381 g/mol. The van der Waals surface area contributed by atoms with E-state index in [9.17, 15) is 14.0 Å². The van der Waals surface area contributed by atoms with E-state index < -0.39 is 17.9 Å². The second-order valence-electron chi connectivity index (χ2n) is 6.08. The Morgan fingerprint density at radius 1 is 1.38 bits per heavy atom. The molecule has 156 valence electrons. The molecule has 0 spiro atoms. The van der Waals surface area contributed by atoms with E-state index in [4.69, 9.17) is 4.89 Å². The fourth-order valence-electron chi connectivity index (χ4n) is 2.39.